The maximum Gasteiger partial charge on any atom is 0.142 e. The van der Waals surface area contributed by atoms with E-state index in [-0.39, 0.29) is 0 Å². The van der Waals surface area contributed by atoms with Crippen LogP contribution in [0, 0.1) is 55.4 Å². The Morgan fingerprint density at radius 3 is 1.96 bits per heavy atom. The van der Waals surface area contributed by atoms with E-state index in [4.69, 9.17) is 12.5 Å². The van der Waals surface area contributed by atoms with Gasteiger partial charge in [0.05, 0.1) is 39.1 Å². The second kappa shape index (κ2) is 12.5. The lowest BCUT2D eigenvalue weighted by Crippen LogP contribution is -2.08. The number of fused-ring (bicyclic) bond motifs is 6. The minimum atomic E-state index is -1.59. The molecule has 0 aliphatic carbocycles. The average Bonchev–Trinajstić information content (AvgIpc) is 3.81. The quantitative estimate of drug-likeness (QED) is 0.173. The fraction of sp³-hybridized carbons (Fsp3) is 0.208. The molecule has 0 unspecified atom stereocenters. The fourth-order valence-electron chi connectivity index (χ4n) is 8.60. The predicted molar refractivity (Wildman–Crippen MR) is 224 cm³/mol. The molecule has 0 aliphatic rings. The van der Waals surface area contributed by atoms with E-state index in [0.29, 0.717) is 17.1 Å². The lowest BCUT2D eigenvalue weighted by atomic mass is 10.0. The summed E-state index contributed by atoms with van der Waals surface area (Å²) in [5, 5.41) is 9.50. The Labute approximate surface area is 319 Å². The number of benzene rings is 5. The van der Waals surface area contributed by atoms with E-state index < -0.39 is 6.37 Å². The van der Waals surface area contributed by atoms with Gasteiger partial charge in [-0.15, -0.1) is 0 Å². The molecule has 0 fully saturated rings. The normalized spacial score (nSPS) is 12.7. The van der Waals surface area contributed by atoms with Crippen LogP contribution in [-0.2, 0) is 6.37 Å². The summed E-state index contributed by atoms with van der Waals surface area (Å²) < 4.78 is 30.4. The van der Waals surface area contributed by atoms with Crippen LogP contribution in [0.2, 0.25) is 0 Å². The van der Waals surface area contributed by atoms with Gasteiger partial charge in [-0.1, -0.05) is 49.4 Å². The highest BCUT2D eigenvalue weighted by Gasteiger charge is 2.24. The first-order valence-corrected chi connectivity index (χ1v) is 18.6. The minimum absolute atomic E-state index is 0.515. The second-order valence-corrected chi connectivity index (χ2v) is 14.9. The molecule has 4 aromatic heterocycles. The van der Waals surface area contributed by atoms with Crippen LogP contribution in [0.4, 0.5) is 0 Å². The smallest absolute Gasteiger partial charge is 0.142 e. The predicted octanol–water partition coefficient (Wildman–Crippen LogP) is 12.3. The van der Waals surface area contributed by atoms with E-state index in [1.807, 2.05) is 49.0 Å². The Hall–Kier alpha value is -6.14. The molecule has 6 nitrogen and oxygen atoms in total. The first-order valence-electron chi connectivity index (χ1n) is 19.6. The summed E-state index contributed by atoms with van der Waals surface area (Å²) in [5.74, 6) is 2.03. The van der Waals surface area contributed by atoms with Crippen LogP contribution in [0.5, 0.6) is 11.5 Å². The molecule has 0 spiro atoms. The first-order chi connectivity index (χ1) is 26.7. The summed E-state index contributed by atoms with van der Waals surface area (Å²) in [4.78, 5) is 5.20. The zero-order valence-corrected chi connectivity index (χ0v) is 32.4. The van der Waals surface area contributed by atoms with Gasteiger partial charge in [-0.05, 0) is 132 Å². The van der Waals surface area contributed by atoms with Crippen molar-refractivity contribution in [2.45, 2.75) is 68.7 Å². The van der Waals surface area contributed by atoms with Gasteiger partial charge >= 0.3 is 0 Å². The summed E-state index contributed by atoms with van der Waals surface area (Å²) in [7, 11) is 0. The molecule has 0 saturated heterocycles. The highest BCUT2D eigenvalue weighted by Crippen LogP contribution is 2.42. The van der Waals surface area contributed by atoms with Crippen molar-refractivity contribution in [3.63, 3.8) is 0 Å². The van der Waals surface area contributed by atoms with Crippen molar-refractivity contribution in [1.29, 1.82) is 0 Å². The van der Waals surface area contributed by atoms with Crippen LogP contribution >= 0.6 is 0 Å². The average molecular weight is 710 g/mol. The number of para-hydroxylation sites is 1. The molecular weight excluding hydrogens is 663 g/mol. The molecule has 0 N–H and O–H groups in total. The van der Waals surface area contributed by atoms with Gasteiger partial charge in [0, 0.05) is 53.9 Å². The first kappa shape index (κ1) is 31.4. The third kappa shape index (κ3) is 5.07. The van der Waals surface area contributed by atoms with Gasteiger partial charge < -0.3 is 9.30 Å². The van der Waals surface area contributed by atoms with Crippen LogP contribution < -0.4 is 4.74 Å². The maximum absolute atomic E-state index is 8.57. The van der Waals surface area contributed by atoms with Crippen LogP contribution in [0.15, 0.2) is 97.2 Å². The molecule has 9 aromatic rings. The molecule has 5 aromatic carbocycles. The Kier molecular flexibility index (Phi) is 7.26. The van der Waals surface area contributed by atoms with Crippen LogP contribution in [0.1, 0.15) is 60.0 Å². The molecule has 0 bridgehead atoms. The van der Waals surface area contributed by atoms with E-state index in [9.17, 15) is 0 Å². The third-order valence-corrected chi connectivity index (χ3v) is 11.1. The van der Waals surface area contributed by atoms with E-state index in [1.54, 1.807) is 13.0 Å². The van der Waals surface area contributed by atoms with Crippen LogP contribution in [0.25, 0.3) is 60.8 Å². The molecule has 6 heteroatoms. The number of rotatable bonds is 6. The van der Waals surface area contributed by atoms with Gasteiger partial charge in [0.25, 0.3) is 0 Å². The highest BCUT2D eigenvalue weighted by molar-refractivity contribution is 6.14. The second-order valence-electron chi connectivity index (χ2n) is 14.9. The van der Waals surface area contributed by atoms with Gasteiger partial charge in [0.15, 0.2) is 0 Å². The van der Waals surface area contributed by atoms with Crippen molar-refractivity contribution >= 4 is 43.6 Å². The summed E-state index contributed by atoms with van der Waals surface area (Å²) in [5.41, 5.74) is 15.9. The van der Waals surface area contributed by atoms with Crippen molar-refractivity contribution < 1.29 is 7.48 Å². The zero-order valence-electron chi connectivity index (χ0n) is 34.4. The van der Waals surface area contributed by atoms with E-state index >= 15 is 0 Å². The SMILES string of the molecule is [2H]C([2H])(C)c1cc(Oc2ccc3c4ccccc4n(-c4ncc(C)c(-n5c6c(C)ccc(C)c6c6c(C)ccc(C)c65)c4C)c3c2)cc(-n2nc(C)cc2C)c1. The van der Waals surface area contributed by atoms with E-state index in [0.717, 1.165) is 61.5 Å². The number of aromatic nitrogens is 5. The lowest BCUT2D eigenvalue weighted by Gasteiger charge is -2.20. The molecule has 0 aliphatic heterocycles. The van der Waals surface area contributed by atoms with E-state index in [2.05, 4.69) is 116 Å². The molecule has 0 radical (unpaired) electrons. The monoisotopic (exact) mass is 709 g/mol. The third-order valence-electron chi connectivity index (χ3n) is 11.1. The van der Waals surface area contributed by atoms with E-state index in [1.165, 1.54) is 44.1 Å². The standard InChI is InChI=1S/C48H45N5O/c1-10-35-22-36(53-33(8)21-32(7)50-53)24-38(23-35)54-37-19-20-40-39-13-11-12-14-41(39)51(42(40)25-37)48-34(9)45(31(6)26-49-48)52-46-29(4)17-15-27(2)43(46)44-28(3)16-18-30(5)47(44)52/h11-26H,10H2,1-9H3/i10D2. The Balaban J connectivity index is 1.27. The summed E-state index contributed by atoms with van der Waals surface area (Å²) in [6.45, 7) is 18.8. The molecule has 268 valence electrons. The summed E-state index contributed by atoms with van der Waals surface area (Å²) in [6, 6.07) is 31.2. The highest BCUT2D eigenvalue weighted by atomic mass is 16.5. The fourth-order valence-corrected chi connectivity index (χ4v) is 8.60. The van der Waals surface area contributed by atoms with Gasteiger partial charge in [0.2, 0.25) is 0 Å². The molecular formula is C48H45N5O. The maximum atomic E-state index is 8.57. The van der Waals surface area contributed by atoms with Gasteiger partial charge in [-0.25, -0.2) is 9.67 Å². The van der Waals surface area contributed by atoms with Crippen molar-refractivity contribution in [3.05, 3.63) is 148 Å². The molecule has 4 heterocycles. The van der Waals surface area contributed by atoms with Crippen molar-refractivity contribution in [1.82, 2.24) is 23.9 Å². The van der Waals surface area contributed by atoms with Crippen molar-refractivity contribution in [3.8, 4) is 28.7 Å². The number of aryl methyl sites for hydroxylation is 8. The summed E-state index contributed by atoms with van der Waals surface area (Å²) in [6.07, 6.45) is 0.426. The molecule has 0 saturated carbocycles. The molecule has 9 rings (SSSR count). The largest absolute Gasteiger partial charge is 0.457 e. The Morgan fingerprint density at radius 1 is 0.630 bits per heavy atom. The minimum Gasteiger partial charge on any atom is -0.457 e. The lowest BCUT2D eigenvalue weighted by molar-refractivity contribution is 0.482. The van der Waals surface area contributed by atoms with Crippen LogP contribution in [0.3, 0.4) is 0 Å². The summed E-state index contributed by atoms with van der Waals surface area (Å²) >= 11 is 0. The number of hydrogen-bond acceptors (Lipinski definition) is 3. The van der Waals surface area contributed by atoms with Gasteiger partial charge in [-0.3, -0.25) is 4.57 Å². The molecule has 54 heavy (non-hydrogen) atoms. The zero-order chi connectivity index (χ0) is 39.4. The van der Waals surface area contributed by atoms with Crippen molar-refractivity contribution in [2.24, 2.45) is 0 Å². The number of nitrogens with zero attached hydrogens (tertiary/aromatic N) is 5. The van der Waals surface area contributed by atoms with Gasteiger partial charge in [0.1, 0.15) is 17.3 Å². The van der Waals surface area contributed by atoms with Crippen LogP contribution in [-0.4, -0.2) is 23.9 Å². The number of hydrogen-bond donors (Lipinski definition) is 0. The number of ether oxygens (including phenoxy) is 1. The molecule has 0 amide bonds. The topological polar surface area (TPSA) is 49.8 Å². The Morgan fingerprint density at radius 2 is 1.30 bits per heavy atom. The number of pyridine rings is 1. The van der Waals surface area contributed by atoms with Crippen molar-refractivity contribution in [2.75, 3.05) is 0 Å². The Bertz CT molecular complexity index is 3020. The molecule has 0 atom stereocenters. The van der Waals surface area contributed by atoms with Gasteiger partial charge in [-0.2, -0.15) is 5.10 Å².